The van der Waals surface area contributed by atoms with Crippen LogP contribution in [0.2, 0.25) is 5.02 Å². The molecular formula is C17H15ClN2O2. The summed E-state index contributed by atoms with van der Waals surface area (Å²) in [7, 11) is 1.61. The molecule has 4 nitrogen and oxygen atoms in total. The van der Waals surface area contributed by atoms with Crippen LogP contribution in [-0.4, -0.2) is 18.0 Å². The Kier molecular flexibility index (Phi) is 4.02. The molecule has 2 aromatic carbocycles. The molecule has 0 atom stereocenters. The summed E-state index contributed by atoms with van der Waals surface area (Å²) in [5, 5.41) is 4.55. The van der Waals surface area contributed by atoms with Crippen LogP contribution in [0.15, 0.2) is 48.7 Å². The summed E-state index contributed by atoms with van der Waals surface area (Å²) in [5.74, 6) is 0.688. The van der Waals surface area contributed by atoms with Gasteiger partial charge in [-0.2, -0.15) is 0 Å². The second kappa shape index (κ2) is 6.12. The first kappa shape index (κ1) is 14.5. The van der Waals surface area contributed by atoms with Gasteiger partial charge in [0.2, 0.25) is 5.91 Å². The minimum Gasteiger partial charge on any atom is -0.497 e. The number of benzene rings is 2. The first-order valence-corrected chi connectivity index (χ1v) is 7.23. The van der Waals surface area contributed by atoms with E-state index in [-0.39, 0.29) is 5.91 Å². The van der Waals surface area contributed by atoms with Gasteiger partial charge in [0.15, 0.2) is 0 Å². The maximum absolute atomic E-state index is 12.2. The molecule has 0 unspecified atom stereocenters. The fraction of sp³-hybridized carbons (Fsp3) is 0.118. The van der Waals surface area contributed by atoms with Crippen molar-refractivity contribution in [2.45, 2.75) is 6.42 Å². The average Bonchev–Trinajstić information content (AvgIpc) is 2.90. The number of hydrogen-bond donors (Lipinski definition) is 2. The topological polar surface area (TPSA) is 54.1 Å². The van der Waals surface area contributed by atoms with E-state index in [2.05, 4.69) is 10.3 Å². The molecule has 0 aliphatic heterocycles. The Labute approximate surface area is 133 Å². The summed E-state index contributed by atoms with van der Waals surface area (Å²) in [6, 6.07) is 12.8. The number of hydrogen-bond acceptors (Lipinski definition) is 2. The van der Waals surface area contributed by atoms with E-state index < -0.39 is 0 Å². The van der Waals surface area contributed by atoms with Crippen molar-refractivity contribution in [3.05, 3.63) is 59.2 Å². The predicted octanol–water partition coefficient (Wildman–Crippen LogP) is 4.01. The molecule has 112 valence electrons. The lowest BCUT2D eigenvalue weighted by Crippen LogP contribution is -2.14. The van der Waals surface area contributed by atoms with E-state index in [1.165, 1.54) is 0 Å². The Balaban J connectivity index is 1.72. The third kappa shape index (κ3) is 3.07. The van der Waals surface area contributed by atoms with E-state index in [1.807, 2.05) is 48.7 Å². The lowest BCUT2D eigenvalue weighted by Gasteiger charge is -2.06. The maximum atomic E-state index is 12.2. The quantitative estimate of drug-likeness (QED) is 0.764. The highest BCUT2D eigenvalue weighted by atomic mass is 35.5. The maximum Gasteiger partial charge on any atom is 0.228 e. The van der Waals surface area contributed by atoms with Crippen molar-refractivity contribution in [2.75, 3.05) is 12.4 Å². The van der Waals surface area contributed by atoms with Crippen LogP contribution >= 0.6 is 11.6 Å². The molecule has 5 heteroatoms. The van der Waals surface area contributed by atoms with Crippen LogP contribution in [0.25, 0.3) is 10.9 Å². The Hall–Kier alpha value is -2.46. The number of halogens is 1. The number of anilines is 1. The van der Waals surface area contributed by atoms with E-state index in [0.29, 0.717) is 11.4 Å². The van der Waals surface area contributed by atoms with Gasteiger partial charge in [0.1, 0.15) is 5.75 Å². The summed E-state index contributed by atoms with van der Waals surface area (Å²) in [4.78, 5) is 15.3. The fourth-order valence-corrected chi connectivity index (χ4v) is 2.53. The number of aromatic nitrogens is 1. The van der Waals surface area contributed by atoms with Crippen molar-refractivity contribution in [3.8, 4) is 5.75 Å². The molecule has 0 bridgehead atoms. The zero-order valence-corrected chi connectivity index (χ0v) is 12.8. The number of aromatic amines is 1. The van der Waals surface area contributed by atoms with Gasteiger partial charge in [-0.1, -0.05) is 17.7 Å². The van der Waals surface area contributed by atoms with Crippen molar-refractivity contribution in [1.82, 2.24) is 4.98 Å². The lowest BCUT2D eigenvalue weighted by atomic mass is 10.1. The highest BCUT2D eigenvalue weighted by molar-refractivity contribution is 6.31. The van der Waals surface area contributed by atoms with E-state index in [0.717, 1.165) is 27.9 Å². The number of carbonyl (C=O) groups excluding carboxylic acids is 1. The van der Waals surface area contributed by atoms with Crippen molar-refractivity contribution in [3.63, 3.8) is 0 Å². The summed E-state index contributed by atoms with van der Waals surface area (Å²) >= 11 is 5.96. The second-order valence-corrected chi connectivity index (χ2v) is 5.39. The van der Waals surface area contributed by atoms with Gasteiger partial charge < -0.3 is 15.0 Å². The standard InChI is InChI=1S/C17H15ClN2O2/c1-22-14-5-3-13(4-6-14)20-17(21)8-11-10-19-16-9-12(18)2-7-15(11)16/h2-7,9-10,19H,8H2,1H3,(H,20,21). The Morgan fingerprint density at radius 2 is 2.00 bits per heavy atom. The number of rotatable bonds is 4. The SMILES string of the molecule is COc1ccc(NC(=O)Cc2c[nH]c3cc(Cl)ccc23)cc1. The van der Waals surface area contributed by atoms with Crippen LogP contribution in [0.3, 0.4) is 0 Å². The summed E-state index contributed by atoms with van der Waals surface area (Å²) < 4.78 is 5.09. The van der Waals surface area contributed by atoms with Gasteiger partial charge in [-0.15, -0.1) is 0 Å². The molecule has 1 heterocycles. The van der Waals surface area contributed by atoms with Gasteiger partial charge in [-0.3, -0.25) is 4.79 Å². The molecule has 3 rings (SSSR count). The highest BCUT2D eigenvalue weighted by Crippen LogP contribution is 2.23. The number of methoxy groups -OCH3 is 1. The Morgan fingerprint density at radius 1 is 1.23 bits per heavy atom. The van der Waals surface area contributed by atoms with Crippen molar-refractivity contribution >= 4 is 34.1 Å². The molecule has 0 radical (unpaired) electrons. The van der Waals surface area contributed by atoms with Crippen molar-refractivity contribution in [1.29, 1.82) is 0 Å². The fourth-order valence-electron chi connectivity index (χ4n) is 2.36. The van der Waals surface area contributed by atoms with Gasteiger partial charge in [0, 0.05) is 27.8 Å². The molecule has 2 N–H and O–H groups in total. The van der Waals surface area contributed by atoms with E-state index in [1.54, 1.807) is 7.11 Å². The molecule has 1 aromatic heterocycles. The van der Waals surface area contributed by atoms with Crippen LogP contribution < -0.4 is 10.1 Å². The van der Waals surface area contributed by atoms with Crippen LogP contribution in [0, 0.1) is 0 Å². The highest BCUT2D eigenvalue weighted by Gasteiger charge is 2.09. The monoisotopic (exact) mass is 314 g/mol. The van der Waals surface area contributed by atoms with E-state index >= 15 is 0 Å². The minimum atomic E-state index is -0.0685. The molecule has 3 aromatic rings. The number of ether oxygens (including phenoxy) is 1. The molecule has 0 saturated heterocycles. The Bertz CT molecular complexity index is 809. The van der Waals surface area contributed by atoms with Gasteiger partial charge >= 0.3 is 0 Å². The third-order valence-corrected chi connectivity index (χ3v) is 3.69. The van der Waals surface area contributed by atoms with Crippen LogP contribution in [0.4, 0.5) is 5.69 Å². The second-order valence-electron chi connectivity index (χ2n) is 4.96. The zero-order chi connectivity index (χ0) is 15.5. The average molecular weight is 315 g/mol. The summed E-state index contributed by atoms with van der Waals surface area (Å²) in [5.41, 5.74) is 2.62. The number of fused-ring (bicyclic) bond motifs is 1. The minimum absolute atomic E-state index is 0.0685. The molecule has 0 spiro atoms. The zero-order valence-electron chi connectivity index (χ0n) is 12.0. The molecule has 0 aliphatic rings. The van der Waals surface area contributed by atoms with E-state index in [9.17, 15) is 4.79 Å². The molecule has 0 saturated carbocycles. The number of amides is 1. The molecule has 0 fully saturated rings. The van der Waals surface area contributed by atoms with E-state index in [4.69, 9.17) is 16.3 Å². The smallest absolute Gasteiger partial charge is 0.228 e. The van der Waals surface area contributed by atoms with Gasteiger partial charge in [-0.05, 0) is 42.0 Å². The number of nitrogens with one attached hydrogen (secondary N) is 2. The molecule has 1 amide bonds. The normalized spacial score (nSPS) is 10.6. The van der Waals surface area contributed by atoms with Crippen molar-refractivity contribution in [2.24, 2.45) is 0 Å². The summed E-state index contributed by atoms with van der Waals surface area (Å²) in [6.45, 7) is 0. The largest absolute Gasteiger partial charge is 0.497 e. The molecule has 0 aliphatic carbocycles. The number of H-pyrrole nitrogens is 1. The van der Waals surface area contributed by atoms with Crippen molar-refractivity contribution < 1.29 is 9.53 Å². The Morgan fingerprint density at radius 3 is 2.73 bits per heavy atom. The van der Waals surface area contributed by atoms with Crippen LogP contribution in [-0.2, 0) is 11.2 Å². The first-order valence-electron chi connectivity index (χ1n) is 6.85. The van der Waals surface area contributed by atoms with Gasteiger partial charge in [-0.25, -0.2) is 0 Å². The molecule has 22 heavy (non-hydrogen) atoms. The lowest BCUT2D eigenvalue weighted by molar-refractivity contribution is -0.115. The predicted molar refractivity (Wildman–Crippen MR) is 88.6 cm³/mol. The molecular weight excluding hydrogens is 300 g/mol. The summed E-state index contributed by atoms with van der Waals surface area (Å²) in [6.07, 6.45) is 2.14. The first-order chi connectivity index (χ1) is 10.7. The number of carbonyl (C=O) groups is 1. The third-order valence-electron chi connectivity index (χ3n) is 3.45. The van der Waals surface area contributed by atoms with Gasteiger partial charge in [0.25, 0.3) is 0 Å². The van der Waals surface area contributed by atoms with Crippen LogP contribution in [0.1, 0.15) is 5.56 Å². The van der Waals surface area contributed by atoms with Gasteiger partial charge in [0.05, 0.1) is 13.5 Å². The van der Waals surface area contributed by atoms with Crippen LogP contribution in [0.5, 0.6) is 5.75 Å².